The molecule has 0 aliphatic heterocycles. The second-order valence-electron chi connectivity index (χ2n) is 6.46. The highest BCUT2D eigenvalue weighted by Gasteiger charge is 2.16. The number of ether oxygens (including phenoxy) is 2. The highest BCUT2D eigenvalue weighted by Crippen LogP contribution is 2.34. The Morgan fingerprint density at radius 1 is 1.21 bits per heavy atom. The lowest BCUT2D eigenvalue weighted by Crippen LogP contribution is -2.12. The van der Waals surface area contributed by atoms with Crippen LogP contribution in [0, 0.1) is 6.92 Å². The van der Waals surface area contributed by atoms with E-state index >= 15 is 0 Å². The van der Waals surface area contributed by atoms with Crippen molar-refractivity contribution in [3.8, 4) is 22.8 Å². The highest BCUT2D eigenvalue weighted by atomic mass is 32.1. The number of H-pyrrole nitrogens is 1. The van der Waals surface area contributed by atoms with Gasteiger partial charge in [0.15, 0.2) is 16.6 Å². The Hall–Kier alpha value is -3.32. The third-order valence-electron chi connectivity index (χ3n) is 4.60. The topological polar surface area (TPSA) is 76.2 Å². The van der Waals surface area contributed by atoms with Gasteiger partial charge in [0.05, 0.1) is 19.4 Å². The molecule has 29 heavy (non-hydrogen) atoms. The lowest BCUT2D eigenvalue weighted by atomic mass is 10.1. The van der Waals surface area contributed by atoms with Gasteiger partial charge in [-0.1, -0.05) is 18.2 Å². The van der Waals surface area contributed by atoms with Gasteiger partial charge in [-0.3, -0.25) is 10.1 Å². The maximum absolute atomic E-state index is 12.7. The van der Waals surface area contributed by atoms with Gasteiger partial charge in [0.2, 0.25) is 0 Å². The van der Waals surface area contributed by atoms with Crippen molar-refractivity contribution in [3.63, 3.8) is 0 Å². The van der Waals surface area contributed by atoms with E-state index in [4.69, 9.17) is 9.47 Å². The summed E-state index contributed by atoms with van der Waals surface area (Å²) >= 11 is 1.40. The van der Waals surface area contributed by atoms with Crippen molar-refractivity contribution in [2.45, 2.75) is 13.8 Å². The third-order valence-corrected chi connectivity index (χ3v) is 5.36. The average molecular weight is 407 g/mol. The molecule has 4 aromatic rings. The van der Waals surface area contributed by atoms with E-state index in [0.29, 0.717) is 28.8 Å². The Balaban J connectivity index is 1.58. The van der Waals surface area contributed by atoms with Gasteiger partial charge in [-0.15, -0.1) is 11.3 Å². The van der Waals surface area contributed by atoms with Gasteiger partial charge < -0.3 is 14.5 Å². The summed E-state index contributed by atoms with van der Waals surface area (Å²) in [5.74, 6) is 0.884. The van der Waals surface area contributed by atoms with E-state index in [9.17, 15) is 4.79 Å². The number of aromatic amines is 1. The van der Waals surface area contributed by atoms with Crippen molar-refractivity contribution >= 4 is 33.3 Å². The summed E-state index contributed by atoms with van der Waals surface area (Å²) in [6.07, 6.45) is 0. The molecule has 0 radical (unpaired) electrons. The SMILES string of the molecule is CCOc1ccc(C(=O)Nc2nc(-c3c(C)[nH]c4ccccc34)cs2)cc1OC. The molecule has 7 heteroatoms. The standard InChI is InChI=1S/C22H21N3O3S/c1-4-28-18-10-9-14(11-19(18)27-3)21(26)25-22-24-17(12-29-22)20-13(2)23-16-8-6-5-7-15(16)20/h5-12,23H,4H2,1-3H3,(H,24,25,26). The normalized spacial score (nSPS) is 10.9. The number of thiazole rings is 1. The van der Waals surface area contributed by atoms with E-state index in [-0.39, 0.29) is 5.91 Å². The fourth-order valence-corrected chi connectivity index (χ4v) is 4.00. The Kier molecular flexibility index (Phi) is 5.22. The first-order chi connectivity index (χ1) is 14.1. The molecule has 6 nitrogen and oxygen atoms in total. The van der Waals surface area contributed by atoms with Crippen LogP contribution in [-0.2, 0) is 0 Å². The number of para-hydroxylation sites is 1. The predicted molar refractivity (Wildman–Crippen MR) is 116 cm³/mol. The summed E-state index contributed by atoms with van der Waals surface area (Å²) in [4.78, 5) is 20.7. The van der Waals surface area contributed by atoms with Crippen LogP contribution in [0.2, 0.25) is 0 Å². The lowest BCUT2D eigenvalue weighted by molar-refractivity contribution is 0.102. The van der Waals surface area contributed by atoms with Gasteiger partial charge in [0.25, 0.3) is 5.91 Å². The van der Waals surface area contributed by atoms with Crippen molar-refractivity contribution in [1.29, 1.82) is 0 Å². The number of methoxy groups -OCH3 is 1. The molecule has 0 unspecified atom stereocenters. The molecule has 0 aliphatic rings. The molecule has 2 aromatic carbocycles. The first-order valence-corrected chi connectivity index (χ1v) is 10.1. The molecule has 0 fully saturated rings. The summed E-state index contributed by atoms with van der Waals surface area (Å²) in [7, 11) is 1.55. The number of aromatic nitrogens is 2. The van der Waals surface area contributed by atoms with E-state index in [2.05, 4.69) is 21.4 Å². The zero-order valence-electron chi connectivity index (χ0n) is 16.4. The van der Waals surface area contributed by atoms with E-state index in [1.807, 2.05) is 37.4 Å². The van der Waals surface area contributed by atoms with Gasteiger partial charge in [-0.2, -0.15) is 0 Å². The summed E-state index contributed by atoms with van der Waals surface area (Å²) in [6, 6.07) is 13.2. The van der Waals surface area contributed by atoms with Gasteiger partial charge in [0, 0.05) is 33.1 Å². The van der Waals surface area contributed by atoms with Crippen LogP contribution < -0.4 is 14.8 Å². The minimum absolute atomic E-state index is 0.247. The quantitative estimate of drug-likeness (QED) is 0.457. The van der Waals surface area contributed by atoms with Crippen LogP contribution in [-0.4, -0.2) is 29.6 Å². The van der Waals surface area contributed by atoms with E-state index in [1.165, 1.54) is 11.3 Å². The summed E-state index contributed by atoms with van der Waals surface area (Å²) in [5.41, 5.74) is 4.49. The molecule has 0 atom stereocenters. The largest absolute Gasteiger partial charge is 0.493 e. The van der Waals surface area contributed by atoms with Crippen molar-refractivity contribution in [3.05, 3.63) is 59.1 Å². The number of aryl methyl sites for hydroxylation is 1. The first kappa shape index (κ1) is 19.0. The lowest BCUT2D eigenvalue weighted by Gasteiger charge is -2.10. The van der Waals surface area contributed by atoms with E-state index in [0.717, 1.165) is 27.9 Å². The molecule has 0 saturated carbocycles. The number of carbonyl (C=O) groups is 1. The first-order valence-electron chi connectivity index (χ1n) is 9.26. The molecule has 2 N–H and O–H groups in total. The second kappa shape index (κ2) is 7.97. The fraction of sp³-hybridized carbons (Fsp3) is 0.182. The number of fused-ring (bicyclic) bond motifs is 1. The number of hydrogen-bond acceptors (Lipinski definition) is 5. The minimum Gasteiger partial charge on any atom is -0.493 e. The van der Waals surface area contributed by atoms with Gasteiger partial charge in [0.1, 0.15) is 0 Å². The Bertz CT molecular complexity index is 1180. The smallest absolute Gasteiger partial charge is 0.257 e. The van der Waals surface area contributed by atoms with Gasteiger partial charge in [-0.05, 0) is 38.1 Å². The van der Waals surface area contributed by atoms with Crippen molar-refractivity contribution in [1.82, 2.24) is 9.97 Å². The van der Waals surface area contributed by atoms with Crippen molar-refractivity contribution < 1.29 is 14.3 Å². The number of hydrogen-bond donors (Lipinski definition) is 2. The number of nitrogens with zero attached hydrogens (tertiary/aromatic N) is 1. The fourth-order valence-electron chi connectivity index (χ4n) is 3.31. The Morgan fingerprint density at radius 3 is 2.83 bits per heavy atom. The molecular formula is C22H21N3O3S. The zero-order chi connectivity index (χ0) is 20.4. The van der Waals surface area contributed by atoms with Crippen molar-refractivity contribution in [2.75, 3.05) is 19.0 Å². The van der Waals surface area contributed by atoms with Crippen LogP contribution in [0.4, 0.5) is 5.13 Å². The van der Waals surface area contributed by atoms with Gasteiger partial charge in [-0.25, -0.2) is 4.98 Å². The molecule has 0 bridgehead atoms. The molecule has 2 aromatic heterocycles. The molecule has 4 rings (SSSR count). The second-order valence-corrected chi connectivity index (χ2v) is 7.32. The molecule has 1 amide bonds. The number of carbonyl (C=O) groups excluding carboxylic acids is 1. The highest BCUT2D eigenvalue weighted by molar-refractivity contribution is 7.14. The minimum atomic E-state index is -0.247. The molecule has 2 heterocycles. The van der Waals surface area contributed by atoms with Crippen molar-refractivity contribution in [2.24, 2.45) is 0 Å². The summed E-state index contributed by atoms with van der Waals surface area (Å²) in [6.45, 7) is 4.45. The Morgan fingerprint density at radius 2 is 2.03 bits per heavy atom. The molecule has 0 spiro atoms. The van der Waals surface area contributed by atoms with E-state index in [1.54, 1.807) is 25.3 Å². The van der Waals surface area contributed by atoms with Crippen LogP contribution in [0.1, 0.15) is 23.0 Å². The summed E-state index contributed by atoms with van der Waals surface area (Å²) < 4.78 is 10.8. The number of benzene rings is 2. The number of anilines is 1. The third kappa shape index (κ3) is 3.69. The Labute approximate surface area is 172 Å². The molecule has 0 saturated heterocycles. The van der Waals surface area contributed by atoms with Crippen LogP contribution in [0.5, 0.6) is 11.5 Å². The number of nitrogens with one attached hydrogen (secondary N) is 2. The van der Waals surface area contributed by atoms with Crippen LogP contribution in [0.15, 0.2) is 47.8 Å². The molecule has 0 aliphatic carbocycles. The number of rotatable bonds is 6. The predicted octanol–water partition coefficient (Wildman–Crippen LogP) is 5.26. The number of amides is 1. The molecular weight excluding hydrogens is 386 g/mol. The monoisotopic (exact) mass is 407 g/mol. The molecule has 148 valence electrons. The van der Waals surface area contributed by atoms with Crippen LogP contribution in [0.3, 0.4) is 0 Å². The van der Waals surface area contributed by atoms with Crippen LogP contribution in [0.25, 0.3) is 22.2 Å². The summed E-state index contributed by atoms with van der Waals surface area (Å²) in [5, 5.41) is 6.49. The maximum atomic E-state index is 12.7. The average Bonchev–Trinajstić information content (AvgIpc) is 3.31. The maximum Gasteiger partial charge on any atom is 0.257 e. The van der Waals surface area contributed by atoms with E-state index < -0.39 is 0 Å². The van der Waals surface area contributed by atoms with Crippen LogP contribution >= 0.6 is 11.3 Å². The zero-order valence-corrected chi connectivity index (χ0v) is 17.2. The van der Waals surface area contributed by atoms with Gasteiger partial charge >= 0.3 is 0 Å².